The van der Waals surface area contributed by atoms with Crippen LogP contribution in [0.15, 0.2) is 12.1 Å². The fourth-order valence-electron chi connectivity index (χ4n) is 3.43. The zero-order chi connectivity index (χ0) is 15.3. The van der Waals surface area contributed by atoms with Gasteiger partial charge >= 0.3 is 5.97 Å². The molecular formula is C14H14Cl2N2O3. The predicted octanol–water partition coefficient (Wildman–Crippen LogP) is 2.65. The Kier molecular flexibility index (Phi) is 3.50. The molecule has 0 aliphatic carbocycles. The molecule has 3 rings (SSSR count). The highest BCUT2D eigenvalue weighted by molar-refractivity contribution is 6.39. The molecule has 1 aromatic rings. The van der Waals surface area contributed by atoms with Gasteiger partial charge < -0.3 is 15.7 Å². The van der Waals surface area contributed by atoms with Crippen LogP contribution in [0, 0.1) is 5.92 Å². The second kappa shape index (κ2) is 5.07. The first-order valence-corrected chi connectivity index (χ1v) is 7.45. The molecule has 7 heteroatoms. The van der Waals surface area contributed by atoms with Crippen LogP contribution in [0.25, 0.3) is 0 Å². The van der Waals surface area contributed by atoms with Gasteiger partial charge in [-0.15, -0.1) is 0 Å². The Hall–Kier alpha value is -1.46. The summed E-state index contributed by atoms with van der Waals surface area (Å²) in [5.41, 5.74) is 6.25. The topological polar surface area (TPSA) is 83.6 Å². The first-order valence-electron chi connectivity index (χ1n) is 6.70. The number of hydrogen-bond acceptors (Lipinski definition) is 3. The van der Waals surface area contributed by atoms with Gasteiger partial charge in [0.2, 0.25) is 0 Å². The van der Waals surface area contributed by atoms with E-state index in [9.17, 15) is 14.7 Å². The molecule has 2 bridgehead atoms. The van der Waals surface area contributed by atoms with E-state index in [2.05, 4.69) is 0 Å². The van der Waals surface area contributed by atoms with E-state index in [0.29, 0.717) is 12.0 Å². The number of aliphatic carboxylic acids is 1. The molecule has 0 aromatic heterocycles. The number of halogens is 2. The SMILES string of the molecule is Nc1c(Cl)cc(C(=O)N2C3CCC2C(C(=O)O)C3)cc1Cl. The Balaban J connectivity index is 1.92. The van der Waals surface area contributed by atoms with Crippen LogP contribution in [0.2, 0.25) is 10.0 Å². The second-order valence-corrected chi connectivity index (χ2v) is 6.36. The monoisotopic (exact) mass is 328 g/mol. The molecule has 2 saturated heterocycles. The highest BCUT2D eigenvalue weighted by atomic mass is 35.5. The number of carboxylic acids is 1. The van der Waals surface area contributed by atoms with Gasteiger partial charge in [0, 0.05) is 17.6 Å². The minimum Gasteiger partial charge on any atom is -0.481 e. The van der Waals surface area contributed by atoms with Crippen molar-refractivity contribution in [1.29, 1.82) is 0 Å². The number of hydrogen-bond donors (Lipinski definition) is 2. The average molecular weight is 329 g/mol. The van der Waals surface area contributed by atoms with Crippen LogP contribution < -0.4 is 5.73 Å². The van der Waals surface area contributed by atoms with Crippen molar-refractivity contribution in [2.75, 3.05) is 5.73 Å². The molecule has 112 valence electrons. The van der Waals surface area contributed by atoms with Crippen LogP contribution >= 0.6 is 23.2 Å². The quantitative estimate of drug-likeness (QED) is 0.817. The van der Waals surface area contributed by atoms with Crippen molar-refractivity contribution < 1.29 is 14.7 Å². The molecule has 5 nitrogen and oxygen atoms in total. The summed E-state index contributed by atoms with van der Waals surface area (Å²) in [6.07, 6.45) is 2.09. The molecule has 2 heterocycles. The summed E-state index contributed by atoms with van der Waals surface area (Å²) in [5.74, 6) is -1.55. The van der Waals surface area contributed by atoms with Crippen LogP contribution in [0.5, 0.6) is 0 Å². The van der Waals surface area contributed by atoms with Gasteiger partial charge in [-0.3, -0.25) is 9.59 Å². The average Bonchev–Trinajstić information content (AvgIpc) is 3.01. The zero-order valence-corrected chi connectivity index (χ0v) is 12.6. The lowest BCUT2D eigenvalue weighted by molar-refractivity contribution is -0.142. The van der Waals surface area contributed by atoms with Crippen LogP contribution in [0.4, 0.5) is 5.69 Å². The predicted molar refractivity (Wildman–Crippen MR) is 79.6 cm³/mol. The van der Waals surface area contributed by atoms with Gasteiger partial charge in [0.1, 0.15) is 0 Å². The van der Waals surface area contributed by atoms with E-state index in [0.717, 1.165) is 12.8 Å². The third-order valence-electron chi connectivity index (χ3n) is 4.41. The van der Waals surface area contributed by atoms with Gasteiger partial charge in [-0.25, -0.2) is 0 Å². The lowest BCUT2D eigenvalue weighted by atomic mass is 9.89. The summed E-state index contributed by atoms with van der Waals surface area (Å²) in [6.45, 7) is 0. The minimum absolute atomic E-state index is 0.0151. The number of fused-ring (bicyclic) bond motifs is 2. The van der Waals surface area contributed by atoms with Crippen molar-refractivity contribution in [3.05, 3.63) is 27.7 Å². The maximum absolute atomic E-state index is 12.7. The number of nitrogen functional groups attached to an aromatic ring is 1. The van der Waals surface area contributed by atoms with E-state index in [1.54, 1.807) is 4.90 Å². The third kappa shape index (κ3) is 2.24. The Morgan fingerprint density at radius 1 is 1.24 bits per heavy atom. The smallest absolute Gasteiger partial charge is 0.308 e. The van der Waals surface area contributed by atoms with Gasteiger partial charge in [-0.1, -0.05) is 23.2 Å². The fraction of sp³-hybridized carbons (Fsp3) is 0.429. The van der Waals surface area contributed by atoms with Gasteiger partial charge in [-0.05, 0) is 31.4 Å². The van der Waals surface area contributed by atoms with Crippen LogP contribution in [-0.4, -0.2) is 34.0 Å². The lowest BCUT2D eigenvalue weighted by Crippen LogP contribution is -2.37. The van der Waals surface area contributed by atoms with Crippen molar-refractivity contribution in [2.24, 2.45) is 5.92 Å². The molecule has 0 radical (unpaired) electrons. The Morgan fingerprint density at radius 2 is 1.86 bits per heavy atom. The molecular weight excluding hydrogens is 315 g/mol. The Bertz CT molecular complexity index is 612. The van der Waals surface area contributed by atoms with E-state index < -0.39 is 11.9 Å². The highest BCUT2D eigenvalue weighted by Crippen LogP contribution is 2.43. The number of carbonyl (C=O) groups is 2. The molecule has 0 spiro atoms. The van der Waals surface area contributed by atoms with E-state index >= 15 is 0 Å². The molecule has 3 N–H and O–H groups in total. The zero-order valence-electron chi connectivity index (χ0n) is 11.1. The molecule has 1 aromatic carbocycles. The molecule has 3 unspecified atom stereocenters. The maximum atomic E-state index is 12.7. The molecule has 1 amide bonds. The summed E-state index contributed by atoms with van der Waals surface area (Å²) in [5, 5.41) is 9.69. The van der Waals surface area contributed by atoms with Crippen LogP contribution in [0.3, 0.4) is 0 Å². The summed E-state index contributed by atoms with van der Waals surface area (Å²) in [6, 6.07) is 2.71. The molecule has 2 fully saturated rings. The number of anilines is 1. The van der Waals surface area contributed by atoms with Crippen molar-refractivity contribution >= 4 is 40.8 Å². The third-order valence-corrected chi connectivity index (χ3v) is 5.04. The number of benzene rings is 1. The maximum Gasteiger partial charge on any atom is 0.308 e. The van der Waals surface area contributed by atoms with E-state index in [1.807, 2.05) is 0 Å². The number of carboxylic acid groups (broad SMARTS) is 1. The number of carbonyl (C=O) groups excluding carboxylic acids is 1. The molecule has 0 saturated carbocycles. The van der Waals surface area contributed by atoms with E-state index in [1.165, 1.54) is 12.1 Å². The number of nitrogens with zero attached hydrogens (tertiary/aromatic N) is 1. The second-order valence-electron chi connectivity index (χ2n) is 5.54. The van der Waals surface area contributed by atoms with E-state index in [4.69, 9.17) is 28.9 Å². The molecule has 2 aliphatic heterocycles. The first kappa shape index (κ1) is 14.5. The minimum atomic E-state index is -0.839. The van der Waals surface area contributed by atoms with Crippen molar-refractivity contribution in [3.8, 4) is 0 Å². The summed E-state index contributed by atoms with van der Waals surface area (Å²) in [4.78, 5) is 25.6. The number of nitrogens with two attached hydrogens (primary N) is 1. The van der Waals surface area contributed by atoms with Crippen LogP contribution in [-0.2, 0) is 4.79 Å². The van der Waals surface area contributed by atoms with Gasteiger partial charge in [0.05, 0.1) is 21.7 Å². The first-order chi connectivity index (χ1) is 9.90. The van der Waals surface area contributed by atoms with Crippen molar-refractivity contribution in [2.45, 2.75) is 31.3 Å². The summed E-state index contributed by atoms with van der Waals surface area (Å²) >= 11 is 11.9. The van der Waals surface area contributed by atoms with Gasteiger partial charge in [-0.2, -0.15) is 0 Å². The molecule has 21 heavy (non-hydrogen) atoms. The Labute approximate surface area is 131 Å². The molecule has 3 atom stereocenters. The fourth-order valence-corrected chi connectivity index (χ4v) is 3.91. The number of amides is 1. The highest BCUT2D eigenvalue weighted by Gasteiger charge is 2.51. The van der Waals surface area contributed by atoms with E-state index in [-0.39, 0.29) is 33.7 Å². The van der Waals surface area contributed by atoms with Gasteiger partial charge in [0.15, 0.2) is 0 Å². The summed E-state index contributed by atoms with van der Waals surface area (Å²) in [7, 11) is 0. The molecule has 2 aliphatic rings. The number of rotatable bonds is 2. The van der Waals surface area contributed by atoms with Crippen molar-refractivity contribution in [3.63, 3.8) is 0 Å². The van der Waals surface area contributed by atoms with Gasteiger partial charge in [0.25, 0.3) is 5.91 Å². The van der Waals surface area contributed by atoms with Crippen molar-refractivity contribution in [1.82, 2.24) is 4.90 Å². The normalized spacial score (nSPS) is 27.1. The lowest BCUT2D eigenvalue weighted by Gasteiger charge is -2.23. The summed E-state index contributed by atoms with van der Waals surface area (Å²) < 4.78 is 0. The van der Waals surface area contributed by atoms with Crippen LogP contribution in [0.1, 0.15) is 29.6 Å². The largest absolute Gasteiger partial charge is 0.481 e. The Morgan fingerprint density at radius 3 is 2.38 bits per heavy atom. The standard InChI is InChI=1S/C14H14Cl2N2O3/c15-9-3-6(4-10(16)12(9)17)13(19)18-7-1-2-11(18)8(5-7)14(20)21/h3-4,7-8,11H,1-2,5,17H2,(H,20,21).